The molecule has 1 unspecified atom stereocenters. The van der Waals surface area contributed by atoms with E-state index in [1.54, 1.807) is 6.08 Å². The largest absolute Gasteiger partial charge is 0.511 e. The molecular weight excluding hydrogens is 373 g/mol. The van der Waals surface area contributed by atoms with Crippen LogP contribution in [0.15, 0.2) is 24.0 Å². The van der Waals surface area contributed by atoms with Crippen LogP contribution in [0.1, 0.15) is 71.1 Å². The van der Waals surface area contributed by atoms with Gasteiger partial charge in [-0.05, 0) is 50.5 Å². The molecule has 1 fully saturated rings. The fourth-order valence-corrected chi connectivity index (χ4v) is 4.16. The zero-order valence-electron chi connectivity index (χ0n) is 16.5. The SMILES string of the molecule is CCCCC(C/C=C(/O)[C@@](CC/C=C\CO)(C(=O)O)C1CCCC1)C(F)(F)F. The molecule has 0 saturated heterocycles. The summed E-state index contributed by atoms with van der Waals surface area (Å²) in [5, 5.41) is 29.6. The monoisotopic (exact) mass is 406 g/mol. The molecule has 0 aliphatic heterocycles. The van der Waals surface area contributed by atoms with Gasteiger partial charge in [-0.1, -0.05) is 44.8 Å². The summed E-state index contributed by atoms with van der Waals surface area (Å²) in [5.74, 6) is -3.53. The number of aliphatic hydroxyl groups excluding tert-OH is 2. The van der Waals surface area contributed by atoms with E-state index in [9.17, 15) is 28.2 Å². The first-order valence-corrected chi connectivity index (χ1v) is 10.2. The molecule has 1 aliphatic carbocycles. The Morgan fingerprint density at radius 3 is 2.32 bits per heavy atom. The lowest BCUT2D eigenvalue weighted by molar-refractivity contribution is -0.175. The summed E-state index contributed by atoms with van der Waals surface area (Å²) in [6, 6.07) is 0. The van der Waals surface area contributed by atoms with Gasteiger partial charge in [0.05, 0.1) is 12.5 Å². The lowest BCUT2D eigenvalue weighted by atomic mass is 9.69. The molecule has 0 aromatic heterocycles. The number of hydrogen-bond acceptors (Lipinski definition) is 3. The molecule has 0 amide bonds. The van der Waals surface area contributed by atoms with Gasteiger partial charge in [0.2, 0.25) is 0 Å². The minimum absolute atomic E-state index is 0.0352. The van der Waals surface area contributed by atoms with E-state index in [0.717, 1.165) is 18.9 Å². The van der Waals surface area contributed by atoms with E-state index in [1.807, 2.05) is 6.92 Å². The van der Waals surface area contributed by atoms with E-state index in [1.165, 1.54) is 6.08 Å². The van der Waals surface area contributed by atoms with Crippen LogP contribution in [0.3, 0.4) is 0 Å². The van der Waals surface area contributed by atoms with Crippen molar-refractivity contribution in [3.05, 3.63) is 24.0 Å². The van der Waals surface area contributed by atoms with Crippen LogP contribution in [0.4, 0.5) is 13.2 Å². The zero-order valence-corrected chi connectivity index (χ0v) is 16.5. The van der Waals surface area contributed by atoms with Gasteiger partial charge < -0.3 is 15.3 Å². The highest BCUT2D eigenvalue weighted by atomic mass is 19.4. The van der Waals surface area contributed by atoms with Crippen molar-refractivity contribution in [3.8, 4) is 0 Å². The molecular formula is C21H33F3O4. The zero-order chi connectivity index (χ0) is 21.2. The van der Waals surface area contributed by atoms with E-state index in [0.29, 0.717) is 32.1 Å². The third-order valence-corrected chi connectivity index (χ3v) is 5.83. The van der Waals surface area contributed by atoms with Gasteiger partial charge in [0.15, 0.2) is 0 Å². The second-order valence-electron chi connectivity index (χ2n) is 7.66. The Hall–Kier alpha value is -1.50. The number of aliphatic carboxylic acids is 1. The van der Waals surface area contributed by atoms with Crippen molar-refractivity contribution >= 4 is 5.97 Å². The Bertz CT molecular complexity index is 536. The number of aliphatic hydroxyl groups is 2. The molecule has 0 aromatic carbocycles. The Morgan fingerprint density at radius 1 is 1.18 bits per heavy atom. The van der Waals surface area contributed by atoms with Crippen LogP contribution >= 0.6 is 0 Å². The van der Waals surface area contributed by atoms with Crippen molar-refractivity contribution in [1.82, 2.24) is 0 Å². The highest BCUT2D eigenvalue weighted by Crippen LogP contribution is 2.48. The highest BCUT2D eigenvalue weighted by molar-refractivity contribution is 5.78. The quantitative estimate of drug-likeness (QED) is 0.284. The third kappa shape index (κ3) is 6.54. The Morgan fingerprint density at radius 2 is 1.82 bits per heavy atom. The van der Waals surface area contributed by atoms with Crippen LogP contribution in [0.5, 0.6) is 0 Å². The van der Waals surface area contributed by atoms with Crippen LogP contribution in [0.25, 0.3) is 0 Å². The van der Waals surface area contributed by atoms with Crippen LogP contribution in [0.2, 0.25) is 0 Å². The van der Waals surface area contributed by atoms with Gasteiger partial charge in [-0.2, -0.15) is 13.2 Å². The third-order valence-electron chi connectivity index (χ3n) is 5.83. The minimum atomic E-state index is -4.38. The van der Waals surface area contributed by atoms with Crippen LogP contribution in [-0.4, -0.2) is 34.1 Å². The molecule has 162 valence electrons. The molecule has 0 heterocycles. The van der Waals surface area contributed by atoms with E-state index >= 15 is 0 Å². The van der Waals surface area contributed by atoms with Gasteiger partial charge in [-0.25, -0.2) is 0 Å². The number of hydrogen-bond donors (Lipinski definition) is 3. The summed E-state index contributed by atoms with van der Waals surface area (Å²) < 4.78 is 39.8. The van der Waals surface area contributed by atoms with Gasteiger partial charge in [0.25, 0.3) is 0 Å². The summed E-state index contributed by atoms with van der Waals surface area (Å²) in [6.07, 6.45) is 3.84. The maximum absolute atomic E-state index is 13.3. The number of carboxylic acid groups (broad SMARTS) is 1. The van der Waals surface area contributed by atoms with Crippen LogP contribution in [-0.2, 0) is 4.79 Å². The summed E-state index contributed by atoms with van der Waals surface area (Å²) in [4.78, 5) is 12.2. The maximum atomic E-state index is 13.3. The lowest BCUT2D eigenvalue weighted by Gasteiger charge is -2.35. The summed E-state index contributed by atoms with van der Waals surface area (Å²) in [7, 11) is 0. The molecule has 0 bridgehead atoms. The highest BCUT2D eigenvalue weighted by Gasteiger charge is 2.50. The van der Waals surface area contributed by atoms with Crippen molar-refractivity contribution in [2.24, 2.45) is 17.3 Å². The standard InChI is InChI=1S/C21H33F3O4/c1-2-3-9-17(21(22,23)24)12-13-18(26)20(19(27)28,14-7-4-8-15-25)16-10-5-6-11-16/h4,8,13,16-17,25-26H,2-3,5-7,9-12,14-15H2,1H3,(H,27,28)/b8-4-,18-13+/t17?,20-/m0/s1. The van der Waals surface area contributed by atoms with Gasteiger partial charge in [0.1, 0.15) is 11.2 Å². The van der Waals surface area contributed by atoms with Gasteiger partial charge in [-0.3, -0.25) is 4.79 Å². The molecule has 7 heteroatoms. The average molecular weight is 406 g/mol. The number of carboxylic acids is 1. The minimum Gasteiger partial charge on any atom is -0.511 e. The molecule has 0 radical (unpaired) electrons. The van der Waals surface area contributed by atoms with E-state index in [2.05, 4.69) is 0 Å². The molecule has 1 aliphatic rings. The van der Waals surface area contributed by atoms with E-state index in [-0.39, 0.29) is 25.4 Å². The number of allylic oxidation sites excluding steroid dienone is 2. The van der Waals surface area contributed by atoms with Crippen molar-refractivity contribution in [3.63, 3.8) is 0 Å². The van der Waals surface area contributed by atoms with Crippen LogP contribution < -0.4 is 0 Å². The van der Waals surface area contributed by atoms with Gasteiger partial charge in [-0.15, -0.1) is 0 Å². The Labute approximate surface area is 165 Å². The summed E-state index contributed by atoms with van der Waals surface area (Å²) in [5.41, 5.74) is -1.57. The predicted molar refractivity (Wildman–Crippen MR) is 102 cm³/mol. The lowest BCUT2D eigenvalue weighted by Crippen LogP contribution is -2.40. The predicted octanol–water partition coefficient (Wildman–Crippen LogP) is 5.78. The maximum Gasteiger partial charge on any atom is 0.392 e. The number of carbonyl (C=O) groups is 1. The molecule has 4 nitrogen and oxygen atoms in total. The molecule has 0 spiro atoms. The average Bonchev–Trinajstić information content (AvgIpc) is 3.15. The number of rotatable bonds is 12. The molecule has 0 aromatic rings. The molecule has 2 atom stereocenters. The van der Waals surface area contributed by atoms with Crippen molar-refractivity contribution in [2.75, 3.05) is 6.61 Å². The summed E-state index contributed by atoms with van der Waals surface area (Å²) >= 11 is 0. The first-order chi connectivity index (χ1) is 13.2. The smallest absolute Gasteiger partial charge is 0.392 e. The molecule has 1 saturated carbocycles. The Kier molecular flexibility index (Phi) is 10.1. The first-order valence-electron chi connectivity index (χ1n) is 10.2. The van der Waals surface area contributed by atoms with Crippen molar-refractivity contribution < 1.29 is 33.3 Å². The summed E-state index contributed by atoms with van der Waals surface area (Å²) in [6.45, 7) is 1.65. The van der Waals surface area contributed by atoms with E-state index in [4.69, 9.17) is 5.11 Å². The second-order valence-corrected chi connectivity index (χ2v) is 7.66. The first kappa shape index (κ1) is 24.5. The fraction of sp³-hybridized carbons (Fsp3) is 0.762. The Balaban J connectivity index is 3.12. The number of unbranched alkanes of at least 4 members (excludes halogenated alkanes) is 1. The van der Waals surface area contributed by atoms with Crippen molar-refractivity contribution in [1.29, 1.82) is 0 Å². The molecule has 28 heavy (non-hydrogen) atoms. The fourth-order valence-electron chi connectivity index (χ4n) is 4.16. The van der Waals surface area contributed by atoms with Crippen LogP contribution in [0, 0.1) is 17.3 Å². The second kappa shape index (κ2) is 11.5. The normalized spacial score (nSPS) is 19.8. The number of halogens is 3. The van der Waals surface area contributed by atoms with E-state index < -0.39 is 35.7 Å². The van der Waals surface area contributed by atoms with Crippen molar-refractivity contribution in [2.45, 2.75) is 77.3 Å². The molecule has 1 rings (SSSR count). The molecule has 3 N–H and O–H groups in total. The van der Waals surface area contributed by atoms with Gasteiger partial charge >= 0.3 is 12.1 Å². The number of alkyl halides is 3. The van der Waals surface area contributed by atoms with Gasteiger partial charge in [0, 0.05) is 0 Å². The topological polar surface area (TPSA) is 77.8 Å².